The van der Waals surface area contributed by atoms with E-state index in [1.165, 1.54) is 11.1 Å². The Bertz CT molecular complexity index is 668. The molecule has 1 unspecified atom stereocenters. The molecule has 0 aliphatic carbocycles. The molecule has 1 aromatic rings. The van der Waals surface area contributed by atoms with Gasteiger partial charge in [-0.15, -0.1) is 0 Å². The Morgan fingerprint density at radius 3 is 2.48 bits per heavy atom. The second-order valence-electron chi connectivity index (χ2n) is 7.94. The van der Waals surface area contributed by atoms with Gasteiger partial charge in [0.2, 0.25) is 11.8 Å². The molecule has 2 aliphatic rings. The largest absolute Gasteiger partial charge is 0.381 e. The SMILES string of the molecule is CC(=O)N1CCN(C)C(C(=O)NCC2(c3ccc(C)cc3)CCOCC2)C1. The molecular weight excluding hydrogens is 342 g/mol. The molecule has 1 N–H and O–H groups in total. The molecule has 0 aromatic heterocycles. The molecule has 0 radical (unpaired) electrons. The van der Waals surface area contributed by atoms with Crippen LogP contribution in [0.5, 0.6) is 0 Å². The second-order valence-corrected chi connectivity index (χ2v) is 7.94. The van der Waals surface area contributed by atoms with Crippen LogP contribution in [-0.2, 0) is 19.7 Å². The number of hydrogen-bond donors (Lipinski definition) is 1. The highest BCUT2D eigenvalue weighted by Gasteiger charge is 2.37. The molecule has 2 saturated heterocycles. The molecule has 0 spiro atoms. The van der Waals surface area contributed by atoms with Crippen LogP contribution in [0.4, 0.5) is 0 Å². The normalized spacial score (nSPS) is 23.1. The van der Waals surface area contributed by atoms with Crippen LogP contribution in [0.15, 0.2) is 24.3 Å². The van der Waals surface area contributed by atoms with Gasteiger partial charge in [-0.05, 0) is 32.4 Å². The van der Waals surface area contributed by atoms with E-state index < -0.39 is 0 Å². The summed E-state index contributed by atoms with van der Waals surface area (Å²) >= 11 is 0. The third kappa shape index (κ3) is 4.50. The van der Waals surface area contributed by atoms with Crippen molar-refractivity contribution in [3.63, 3.8) is 0 Å². The van der Waals surface area contributed by atoms with Gasteiger partial charge in [0.25, 0.3) is 0 Å². The van der Waals surface area contributed by atoms with Gasteiger partial charge < -0.3 is 15.0 Å². The highest BCUT2D eigenvalue weighted by atomic mass is 16.5. The number of hydrogen-bond acceptors (Lipinski definition) is 4. The number of rotatable bonds is 4. The molecule has 0 saturated carbocycles. The molecular formula is C21H31N3O3. The summed E-state index contributed by atoms with van der Waals surface area (Å²) in [6.45, 7) is 7.53. The zero-order valence-corrected chi connectivity index (χ0v) is 16.7. The summed E-state index contributed by atoms with van der Waals surface area (Å²) in [5.41, 5.74) is 2.41. The average Bonchev–Trinajstić information content (AvgIpc) is 2.67. The van der Waals surface area contributed by atoms with Crippen molar-refractivity contribution >= 4 is 11.8 Å². The monoisotopic (exact) mass is 373 g/mol. The summed E-state index contributed by atoms with van der Waals surface area (Å²) in [5, 5.41) is 3.19. The highest BCUT2D eigenvalue weighted by Crippen LogP contribution is 2.34. The molecule has 2 heterocycles. The van der Waals surface area contributed by atoms with Gasteiger partial charge in [-0.2, -0.15) is 0 Å². The molecule has 2 amide bonds. The minimum atomic E-state index is -0.294. The molecule has 6 heteroatoms. The van der Waals surface area contributed by atoms with Crippen molar-refractivity contribution in [1.29, 1.82) is 0 Å². The van der Waals surface area contributed by atoms with Crippen LogP contribution in [0.2, 0.25) is 0 Å². The summed E-state index contributed by atoms with van der Waals surface area (Å²) < 4.78 is 5.59. The summed E-state index contributed by atoms with van der Waals surface area (Å²) in [6.07, 6.45) is 1.80. The lowest BCUT2D eigenvalue weighted by Gasteiger charge is -2.40. The van der Waals surface area contributed by atoms with Crippen molar-refractivity contribution < 1.29 is 14.3 Å². The second kappa shape index (κ2) is 8.40. The lowest BCUT2D eigenvalue weighted by atomic mass is 9.74. The smallest absolute Gasteiger partial charge is 0.239 e. The van der Waals surface area contributed by atoms with Crippen molar-refractivity contribution in [3.05, 3.63) is 35.4 Å². The van der Waals surface area contributed by atoms with Crippen LogP contribution in [0.3, 0.4) is 0 Å². The molecule has 1 aromatic carbocycles. The van der Waals surface area contributed by atoms with Crippen LogP contribution in [-0.4, -0.2) is 74.1 Å². The van der Waals surface area contributed by atoms with E-state index in [4.69, 9.17) is 4.74 Å². The minimum Gasteiger partial charge on any atom is -0.381 e. The van der Waals surface area contributed by atoms with E-state index >= 15 is 0 Å². The number of aryl methyl sites for hydroxylation is 1. The number of nitrogens with zero attached hydrogens (tertiary/aromatic N) is 2. The zero-order chi connectivity index (χ0) is 19.4. The molecule has 6 nitrogen and oxygen atoms in total. The van der Waals surface area contributed by atoms with Crippen molar-refractivity contribution in [2.75, 3.05) is 46.4 Å². The van der Waals surface area contributed by atoms with Crippen LogP contribution in [0, 0.1) is 6.92 Å². The summed E-state index contributed by atoms with van der Waals surface area (Å²) in [7, 11) is 1.95. The molecule has 27 heavy (non-hydrogen) atoms. The Morgan fingerprint density at radius 2 is 1.85 bits per heavy atom. The van der Waals surface area contributed by atoms with Crippen LogP contribution >= 0.6 is 0 Å². The zero-order valence-electron chi connectivity index (χ0n) is 16.7. The van der Waals surface area contributed by atoms with E-state index in [9.17, 15) is 9.59 Å². The lowest BCUT2D eigenvalue weighted by molar-refractivity contribution is -0.136. The van der Waals surface area contributed by atoms with E-state index in [-0.39, 0.29) is 23.3 Å². The van der Waals surface area contributed by atoms with Gasteiger partial charge in [0.1, 0.15) is 6.04 Å². The maximum Gasteiger partial charge on any atom is 0.239 e. The first-order valence-electron chi connectivity index (χ1n) is 9.80. The quantitative estimate of drug-likeness (QED) is 0.865. The Hall–Kier alpha value is -1.92. The predicted octanol–water partition coefficient (Wildman–Crippen LogP) is 1.32. The fourth-order valence-corrected chi connectivity index (χ4v) is 4.05. The standard InChI is InChI=1S/C21H31N3O3/c1-16-4-6-18(7-5-16)21(8-12-27-13-9-21)15-22-20(26)19-14-24(17(2)25)11-10-23(19)3/h4-7,19H,8-15H2,1-3H3,(H,22,26). The van der Waals surface area contributed by atoms with E-state index in [1.807, 2.05) is 11.9 Å². The summed E-state index contributed by atoms with van der Waals surface area (Å²) in [5.74, 6) is 0.0304. The number of carbonyl (C=O) groups excluding carboxylic acids is 2. The first kappa shape index (κ1) is 19.8. The van der Waals surface area contributed by atoms with Gasteiger partial charge >= 0.3 is 0 Å². The number of benzene rings is 1. The van der Waals surface area contributed by atoms with E-state index in [2.05, 4.69) is 36.5 Å². The van der Waals surface area contributed by atoms with Gasteiger partial charge in [-0.1, -0.05) is 29.8 Å². The van der Waals surface area contributed by atoms with Crippen LogP contribution in [0.1, 0.15) is 30.9 Å². The maximum absolute atomic E-state index is 12.9. The van der Waals surface area contributed by atoms with Crippen molar-refractivity contribution in [3.8, 4) is 0 Å². The third-order valence-corrected chi connectivity index (χ3v) is 6.11. The summed E-state index contributed by atoms with van der Waals surface area (Å²) in [4.78, 5) is 28.4. The molecule has 3 rings (SSSR count). The molecule has 2 aliphatic heterocycles. The van der Waals surface area contributed by atoms with Crippen LogP contribution < -0.4 is 5.32 Å². The molecule has 1 atom stereocenters. The minimum absolute atomic E-state index is 0.00132. The Labute approximate surface area is 161 Å². The van der Waals surface area contributed by atoms with E-state index in [0.29, 0.717) is 39.4 Å². The number of nitrogens with one attached hydrogen (secondary N) is 1. The molecule has 2 fully saturated rings. The van der Waals surface area contributed by atoms with Crippen molar-refractivity contribution in [2.45, 2.75) is 38.1 Å². The van der Waals surface area contributed by atoms with Gasteiger partial charge in [0, 0.05) is 51.7 Å². The van der Waals surface area contributed by atoms with Gasteiger partial charge in [0.15, 0.2) is 0 Å². The first-order chi connectivity index (χ1) is 12.9. The summed E-state index contributed by atoms with van der Waals surface area (Å²) in [6, 6.07) is 8.33. The van der Waals surface area contributed by atoms with E-state index in [1.54, 1.807) is 11.8 Å². The number of piperazine rings is 1. The number of likely N-dealkylation sites (N-methyl/N-ethyl adjacent to an activating group) is 1. The average molecular weight is 373 g/mol. The third-order valence-electron chi connectivity index (χ3n) is 6.11. The van der Waals surface area contributed by atoms with Crippen molar-refractivity contribution in [2.24, 2.45) is 0 Å². The van der Waals surface area contributed by atoms with Gasteiger partial charge in [0.05, 0.1) is 0 Å². The number of amides is 2. The Morgan fingerprint density at radius 1 is 1.19 bits per heavy atom. The van der Waals surface area contributed by atoms with Crippen molar-refractivity contribution in [1.82, 2.24) is 15.1 Å². The number of carbonyl (C=O) groups is 2. The predicted molar refractivity (Wildman–Crippen MR) is 105 cm³/mol. The molecule has 148 valence electrons. The highest BCUT2D eigenvalue weighted by molar-refractivity contribution is 5.83. The van der Waals surface area contributed by atoms with Crippen LogP contribution in [0.25, 0.3) is 0 Å². The fraction of sp³-hybridized carbons (Fsp3) is 0.619. The van der Waals surface area contributed by atoms with Gasteiger partial charge in [-0.25, -0.2) is 0 Å². The molecule has 0 bridgehead atoms. The van der Waals surface area contributed by atoms with E-state index in [0.717, 1.165) is 12.8 Å². The number of ether oxygens (including phenoxy) is 1. The maximum atomic E-state index is 12.9. The fourth-order valence-electron chi connectivity index (χ4n) is 4.05. The lowest BCUT2D eigenvalue weighted by Crippen LogP contribution is -2.59. The Kier molecular flexibility index (Phi) is 6.17. The Balaban J connectivity index is 1.70. The first-order valence-corrected chi connectivity index (χ1v) is 9.80. The topological polar surface area (TPSA) is 61.9 Å². The van der Waals surface area contributed by atoms with Gasteiger partial charge in [-0.3, -0.25) is 14.5 Å².